The van der Waals surface area contributed by atoms with E-state index in [0.717, 1.165) is 29.5 Å². The fraction of sp³-hybridized carbons (Fsp3) is 0.500. The van der Waals surface area contributed by atoms with Crippen LogP contribution in [0.2, 0.25) is 0 Å². The van der Waals surface area contributed by atoms with Gasteiger partial charge in [-0.05, 0) is 87.6 Å². The van der Waals surface area contributed by atoms with Crippen molar-refractivity contribution >= 4 is 21.9 Å². The molecule has 1 amide bonds. The first-order valence-corrected chi connectivity index (χ1v) is 16.7. The summed E-state index contributed by atoms with van der Waals surface area (Å²) in [6.45, 7) is 15.9. The van der Waals surface area contributed by atoms with E-state index >= 15 is 0 Å². The zero-order valence-corrected chi connectivity index (χ0v) is 27.6. The van der Waals surface area contributed by atoms with E-state index in [0.29, 0.717) is 30.8 Å². The third kappa shape index (κ3) is 7.41. The van der Waals surface area contributed by atoms with Gasteiger partial charge >= 0.3 is 0 Å². The van der Waals surface area contributed by atoms with Crippen LogP contribution >= 0.6 is 0 Å². The van der Waals surface area contributed by atoms with E-state index in [1.54, 1.807) is 18.2 Å². The largest absolute Gasteiger partial charge is 0.475 e. The number of nitrogens with zero attached hydrogens (tertiary/aromatic N) is 3. The Bertz CT molecular complexity index is 1630. The molecule has 9 nitrogen and oxygen atoms in total. The monoisotopic (exact) mass is 620 g/mol. The highest BCUT2D eigenvalue weighted by Crippen LogP contribution is 2.34. The topological polar surface area (TPSA) is 111 Å². The van der Waals surface area contributed by atoms with Crippen molar-refractivity contribution in [1.82, 2.24) is 14.9 Å². The summed E-state index contributed by atoms with van der Waals surface area (Å²) in [7, 11) is -4.12. The quantitative estimate of drug-likeness (QED) is 0.359. The van der Waals surface area contributed by atoms with Crippen LogP contribution in [0.1, 0.15) is 75.4 Å². The number of carbonyl (C=O) groups is 1. The summed E-state index contributed by atoms with van der Waals surface area (Å²) < 4.78 is 42.1. The minimum atomic E-state index is -4.12. The van der Waals surface area contributed by atoms with E-state index in [1.165, 1.54) is 12.1 Å². The van der Waals surface area contributed by atoms with Crippen molar-refractivity contribution in [3.05, 3.63) is 65.2 Å². The lowest BCUT2D eigenvalue weighted by Crippen LogP contribution is -2.49. The summed E-state index contributed by atoms with van der Waals surface area (Å²) in [4.78, 5) is 25.3. The maximum Gasteiger partial charge on any atom is 0.264 e. The van der Waals surface area contributed by atoms with Gasteiger partial charge in [-0.2, -0.15) is 4.98 Å². The highest BCUT2D eigenvalue weighted by molar-refractivity contribution is 7.92. The van der Waals surface area contributed by atoms with Crippen LogP contribution in [-0.2, 0) is 14.8 Å². The molecule has 3 aromatic rings. The smallest absolute Gasteiger partial charge is 0.264 e. The van der Waals surface area contributed by atoms with Crippen molar-refractivity contribution in [2.75, 3.05) is 24.5 Å². The summed E-state index contributed by atoms with van der Waals surface area (Å²) in [6.07, 6.45) is 2.32. The van der Waals surface area contributed by atoms with Crippen LogP contribution in [0.5, 0.6) is 5.88 Å². The van der Waals surface area contributed by atoms with Crippen LogP contribution in [0, 0.1) is 25.2 Å². The highest BCUT2D eigenvalue weighted by atomic mass is 32.2. The van der Waals surface area contributed by atoms with E-state index in [2.05, 4.69) is 49.3 Å². The second kappa shape index (κ2) is 12.1. The fourth-order valence-electron chi connectivity index (χ4n) is 6.37. The third-order valence-corrected chi connectivity index (χ3v) is 9.61. The Labute approximate surface area is 261 Å². The molecule has 0 saturated carbocycles. The number of aromatic nitrogens is 2. The van der Waals surface area contributed by atoms with Crippen LogP contribution in [0.4, 0.5) is 5.95 Å². The zero-order chi connectivity index (χ0) is 31.9. The molecular formula is C34H44N4O5S. The summed E-state index contributed by atoms with van der Waals surface area (Å²) in [5, 5.41) is 0. The minimum Gasteiger partial charge on any atom is -0.475 e. The molecule has 0 aliphatic carbocycles. The van der Waals surface area contributed by atoms with Gasteiger partial charge in [0.05, 0.1) is 22.2 Å². The Kier molecular flexibility index (Phi) is 8.79. The number of amides is 1. The number of benzene rings is 2. The molecule has 1 aromatic heterocycles. The molecular weight excluding hydrogens is 576 g/mol. The number of sulfonamides is 1. The van der Waals surface area contributed by atoms with Crippen LogP contribution in [0.3, 0.4) is 0 Å². The lowest BCUT2D eigenvalue weighted by Gasteiger charge is -2.41. The molecule has 4 bridgehead atoms. The average molecular weight is 621 g/mol. The Morgan fingerprint density at radius 3 is 2.43 bits per heavy atom. The first-order valence-electron chi connectivity index (χ1n) is 15.3. The van der Waals surface area contributed by atoms with Crippen molar-refractivity contribution in [1.29, 1.82) is 0 Å². The van der Waals surface area contributed by atoms with Crippen LogP contribution in [0.25, 0.3) is 11.3 Å². The van der Waals surface area contributed by atoms with Crippen LogP contribution in [-0.4, -0.2) is 60.6 Å². The van der Waals surface area contributed by atoms with Gasteiger partial charge in [0.2, 0.25) is 11.8 Å². The molecule has 44 heavy (non-hydrogen) atoms. The molecule has 0 spiro atoms. The Morgan fingerprint density at radius 1 is 1.05 bits per heavy atom. The summed E-state index contributed by atoms with van der Waals surface area (Å²) in [6, 6.07) is 13.6. The molecule has 236 valence electrons. The molecule has 1 unspecified atom stereocenters. The number of hydrogen-bond donors (Lipinski definition) is 1. The number of aryl methyl sites for hydroxylation is 2. The molecule has 3 heterocycles. The van der Waals surface area contributed by atoms with Crippen molar-refractivity contribution in [2.45, 2.75) is 84.3 Å². The molecule has 2 atom stereocenters. The van der Waals surface area contributed by atoms with E-state index in [9.17, 15) is 13.2 Å². The number of fused-ring (bicyclic) bond motifs is 4. The van der Waals surface area contributed by atoms with Crippen molar-refractivity contribution in [3.63, 3.8) is 0 Å². The van der Waals surface area contributed by atoms with Crippen molar-refractivity contribution in [2.24, 2.45) is 11.3 Å². The van der Waals surface area contributed by atoms with Gasteiger partial charge in [0, 0.05) is 30.3 Å². The number of rotatable bonds is 4. The standard InChI is InChI=1S/C34H44N4O5S/c1-22-10-8-11-23(2)30(22)28-17-29-36-32(35-28)37-44(40,41)27-13-9-12-25(16-27)31(39)38(26(21-42-29)19-33(3,4)5)20-24-14-15-43-34(6,7)18-24/h8-13,16-17,24,26H,14-15,18-21H2,1-7H3,(H,35,36,37)/t24?,26-/m1/s1. The van der Waals surface area contributed by atoms with E-state index < -0.39 is 10.0 Å². The minimum absolute atomic E-state index is 0.0364. The predicted molar refractivity (Wildman–Crippen MR) is 171 cm³/mol. The molecule has 1 fully saturated rings. The molecule has 2 aliphatic rings. The zero-order valence-electron chi connectivity index (χ0n) is 26.8. The van der Waals surface area contributed by atoms with Gasteiger partial charge in [0.15, 0.2) is 0 Å². The Balaban J connectivity index is 1.64. The molecule has 10 heteroatoms. The van der Waals surface area contributed by atoms with E-state index in [4.69, 9.17) is 9.47 Å². The van der Waals surface area contributed by atoms with Gasteiger partial charge in [-0.3, -0.25) is 4.79 Å². The lowest BCUT2D eigenvalue weighted by molar-refractivity contribution is -0.0779. The molecule has 5 rings (SSSR count). The number of anilines is 1. The molecule has 2 aromatic carbocycles. The first-order chi connectivity index (χ1) is 20.6. The van der Waals surface area contributed by atoms with Gasteiger partial charge in [0.25, 0.3) is 15.9 Å². The van der Waals surface area contributed by atoms with E-state index in [1.807, 2.05) is 36.9 Å². The predicted octanol–water partition coefficient (Wildman–Crippen LogP) is 6.41. The van der Waals surface area contributed by atoms with Gasteiger partial charge in [-0.25, -0.2) is 18.1 Å². The molecule has 0 radical (unpaired) electrons. The SMILES string of the molecule is Cc1cccc(C)c1-c1cc2nc(n1)NS(=O)(=O)c1cccc(c1)C(=O)N(CC1CCOC(C)(C)C1)[C@H](CC(C)(C)C)CO2. The maximum atomic E-state index is 14.4. The van der Waals surface area contributed by atoms with Crippen LogP contribution < -0.4 is 9.46 Å². The number of nitrogens with one attached hydrogen (secondary N) is 1. The van der Waals surface area contributed by atoms with Gasteiger partial charge in [-0.15, -0.1) is 0 Å². The summed E-state index contributed by atoms with van der Waals surface area (Å²) >= 11 is 0. The molecule has 1 saturated heterocycles. The van der Waals surface area contributed by atoms with Gasteiger partial charge in [-0.1, -0.05) is 45.0 Å². The number of carbonyl (C=O) groups excluding carboxylic acids is 1. The number of ether oxygens (including phenoxy) is 2. The summed E-state index contributed by atoms with van der Waals surface area (Å²) in [5.74, 6) is 0.137. The molecule has 1 N–H and O–H groups in total. The fourth-order valence-corrected chi connectivity index (χ4v) is 7.36. The Morgan fingerprint density at radius 2 is 1.75 bits per heavy atom. The lowest BCUT2D eigenvalue weighted by atomic mass is 9.85. The second-order valence-electron chi connectivity index (χ2n) is 14.0. The first kappa shape index (κ1) is 31.9. The summed E-state index contributed by atoms with van der Waals surface area (Å²) in [5.41, 5.74) is 3.33. The average Bonchev–Trinajstić information content (AvgIpc) is 2.92. The number of hydrogen-bond acceptors (Lipinski definition) is 7. The highest BCUT2D eigenvalue weighted by Gasteiger charge is 2.36. The normalized spacial score (nSPS) is 21.7. The van der Waals surface area contributed by atoms with Crippen molar-refractivity contribution in [3.8, 4) is 17.1 Å². The Hall–Kier alpha value is -3.50. The van der Waals surface area contributed by atoms with Gasteiger partial charge < -0.3 is 14.4 Å². The van der Waals surface area contributed by atoms with Crippen molar-refractivity contribution < 1.29 is 22.7 Å². The maximum absolute atomic E-state index is 14.4. The van der Waals surface area contributed by atoms with Crippen LogP contribution in [0.15, 0.2) is 53.4 Å². The second-order valence-corrected chi connectivity index (χ2v) is 15.7. The van der Waals surface area contributed by atoms with E-state index in [-0.39, 0.29) is 52.2 Å². The molecule has 2 aliphatic heterocycles. The van der Waals surface area contributed by atoms with Gasteiger partial charge in [0.1, 0.15) is 6.61 Å². The third-order valence-electron chi connectivity index (χ3n) is 8.28.